The molecule has 1 aromatic carbocycles. The van der Waals surface area contributed by atoms with Crippen molar-refractivity contribution in [3.8, 4) is 6.07 Å². The maximum atomic E-state index is 11.7. The van der Waals surface area contributed by atoms with Crippen LogP contribution in [0.4, 0.5) is 4.79 Å². The lowest BCUT2D eigenvalue weighted by Gasteiger charge is -2.08. The van der Waals surface area contributed by atoms with Gasteiger partial charge in [-0.2, -0.15) is 5.26 Å². The Morgan fingerprint density at radius 2 is 1.87 bits per heavy atom. The third kappa shape index (κ3) is 7.09. The summed E-state index contributed by atoms with van der Waals surface area (Å²) >= 11 is 0. The number of hydrogen-bond acceptors (Lipinski definition) is 5. The molecule has 1 aromatic rings. The molecule has 0 aromatic heterocycles. The molecule has 0 saturated heterocycles. The first-order chi connectivity index (χ1) is 10.9. The first-order valence-corrected chi connectivity index (χ1v) is 7.17. The van der Waals surface area contributed by atoms with Gasteiger partial charge in [-0.25, -0.2) is 9.59 Å². The zero-order valence-electron chi connectivity index (χ0n) is 13.1. The van der Waals surface area contributed by atoms with Crippen LogP contribution >= 0.6 is 0 Å². The van der Waals surface area contributed by atoms with E-state index in [1.165, 1.54) is 24.3 Å². The largest absolute Gasteiger partial charge is 0.452 e. The summed E-state index contributed by atoms with van der Waals surface area (Å²) in [4.78, 5) is 34.6. The van der Waals surface area contributed by atoms with Crippen molar-refractivity contribution in [2.45, 2.75) is 20.3 Å². The van der Waals surface area contributed by atoms with Gasteiger partial charge in [0.25, 0.3) is 5.91 Å². The van der Waals surface area contributed by atoms with Crippen LogP contribution < -0.4 is 10.6 Å². The molecule has 0 aliphatic carbocycles. The minimum atomic E-state index is -0.714. The molecule has 0 aliphatic heterocycles. The predicted molar refractivity (Wildman–Crippen MR) is 82.4 cm³/mol. The van der Waals surface area contributed by atoms with E-state index in [4.69, 9.17) is 10.00 Å². The lowest BCUT2D eigenvalue weighted by Crippen LogP contribution is -2.41. The topological polar surface area (TPSA) is 108 Å². The summed E-state index contributed by atoms with van der Waals surface area (Å²) < 4.78 is 4.79. The number of nitrogens with one attached hydrogen (secondary N) is 2. The van der Waals surface area contributed by atoms with Gasteiger partial charge in [-0.3, -0.25) is 10.1 Å². The van der Waals surface area contributed by atoms with Crippen LogP contribution in [-0.4, -0.2) is 31.1 Å². The molecule has 3 amide bonds. The third-order valence-corrected chi connectivity index (χ3v) is 2.84. The highest BCUT2D eigenvalue weighted by Gasteiger charge is 2.12. The second-order valence-corrected chi connectivity index (χ2v) is 5.25. The number of carbonyl (C=O) groups is 3. The smallest absolute Gasteiger partial charge is 0.338 e. The molecule has 0 fully saturated rings. The fraction of sp³-hybridized carbons (Fsp3) is 0.375. The molecular formula is C16H19N3O4. The van der Waals surface area contributed by atoms with Gasteiger partial charge in [0.1, 0.15) is 0 Å². The third-order valence-electron chi connectivity index (χ3n) is 2.84. The van der Waals surface area contributed by atoms with Crippen molar-refractivity contribution < 1.29 is 19.1 Å². The van der Waals surface area contributed by atoms with Crippen molar-refractivity contribution >= 4 is 17.9 Å². The van der Waals surface area contributed by atoms with E-state index in [-0.39, 0.29) is 5.56 Å². The molecule has 0 unspecified atom stereocenters. The molecule has 0 heterocycles. The summed E-state index contributed by atoms with van der Waals surface area (Å²) in [7, 11) is 0. The SMILES string of the molecule is CC(C)CCNC(=O)NC(=O)COC(=O)c1ccc(C#N)cc1. The maximum Gasteiger partial charge on any atom is 0.338 e. The summed E-state index contributed by atoms with van der Waals surface area (Å²) in [6.07, 6.45) is 0.801. The van der Waals surface area contributed by atoms with E-state index in [9.17, 15) is 14.4 Å². The average Bonchev–Trinajstić information content (AvgIpc) is 2.52. The molecule has 0 aliphatic rings. The molecule has 7 heteroatoms. The number of rotatable bonds is 6. The van der Waals surface area contributed by atoms with E-state index in [0.29, 0.717) is 18.0 Å². The Morgan fingerprint density at radius 3 is 2.43 bits per heavy atom. The summed E-state index contributed by atoms with van der Waals surface area (Å²) in [5.74, 6) is -0.974. The molecule has 2 N–H and O–H groups in total. The van der Waals surface area contributed by atoms with Crippen LogP contribution in [-0.2, 0) is 9.53 Å². The molecule has 0 atom stereocenters. The first-order valence-electron chi connectivity index (χ1n) is 7.17. The number of nitriles is 1. The van der Waals surface area contributed by atoms with Crippen molar-refractivity contribution in [2.75, 3.05) is 13.2 Å². The van der Waals surface area contributed by atoms with Gasteiger partial charge in [-0.05, 0) is 36.6 Å². The van der Waals surface area contributed by atoms with E-state index >= 15 is 0 Å². The van der Waals surface area contributed by atoms with Crippen molar-refractivity contribution in [1.82, 2.24) is 10.6 Å². The number of ether oxygens (including phenoxy) is 1. The Bertz CT molecular complexity index is 603. The number of imide groups is 1. The van der Waals surface area contributed by atoms with E-state index in [2.05, 4.69) is 10.6 Å². The monoisotopic (exact) mass is 317 g/mol. The van der Waals surface area contributed by atoms with E-state index in [1.54, 1.807) is 0 Å². The molecule has 0 spiro atoms. The molecule has 23 heavy (non-hydrogen) atoms. The van der Waals surface area contributed by atoms with Gasteiger partial charge in [0, 0.05) is 6.54 Å². The minimum Gasteiger partial charge on any atom is -0.452 e. The lowest BCUT2D eigenvalue weighted by molar-refractivity contribution is -0.123. The Labute approximate surface area is 134 Å². The highest BCUT2D eigenvalue weighted by atomic mass is 16.5. The predicted octanol–water partition coefficient (Wildman–Crippen LogP) is 1.59. The number of urea groups is 1. The minimum absolute atomic E-state index is 0.221. The number of amides is 3. The standard InChI is InChI=1S/C16H19N3O4/c1-11(2)7-8-18-16(22)19-14(20)10-23-15(21)13-5-3-12(9-17)4-6-13/h3-6,11H,7-8,10H2,1-2H3,(H2,18,19,20,22). The molecule has 0 radical (unpaired) electrons. The van der Waals surface area contributed by atoms with Crippen molar-refractivity contribution in [2.24, 2.45) is 5.92 Å². The van der Waals surface area contributed by atoms with E-state index in [0.717, 1.165) is 6.42 Å². The molecule has 1 rings (SSSR count). The van der Waals surface area contributed by atoms with Crippen molar-refractivity contribution in [3.05, 3.63) is 35.4 Å². The summed E-state index contributed by atoms with van der Waals surface area (Å²) in [5.41, 5.74) is 0.635. The number of carbonyl (C=O) groups excluding carboxylic acids is 3. The first kappa shape index (κ1) is 18.2. The van der Waals surface area contributed by atoms with E-state index in [1.807, 2.05) is 19.9 Å². The Morgan fingerprint density at radius 1 is 1.22 bits per heavy atom. The van der Waals surface area contributed by atoms with Crippen LogP contribution in [0.15, 0.2) is 24.3 Å². The Balaban J connectivity index is 2.33. The summed E-state index contributed by atoms with van der Waals surface area (Å²) in [5, 5.41) is 13.3. The highest BCUT2D eigenvalue weighted by Crippen LogP contribution is 2.04. The van der Waals surface area contributed by atoms with Crippen LogP contribution in [0.25, 0.3) is 0 Å². The molecule has 7 nitrogen and oxygen atoms in total. The number of esters is 1. The van der Waals surface area contributed by atoms with Gasteiger partial charge in [0.2, 0.25) is 0 Å². The number of nitrogens with zero attached hydrogens (tertiary/aromatic N) is 1. The van der Waals surface area contributed by atoms with Gasteiger partial charge in [-0.15, -0.1) is 0 Å². The highest BCUT2D eigenvalue weighted by molar-refractivity contribution is 5.97. The fourth-order valence-corrected chi connectivity index (χ4v) is 1.58. The van der Waals surface area contributed by atoms with Gasteiger partial charge >= 0.3 is 12.0 Å². The molecule has 0 bridgehead atoms. The Hall–Kier alpha value is -2.88. The van der Waals surface area contributed by atoms with Crippen LogP contribution in [0, 0.1) is 17.2 Å². The second kappa shape index (κ2) is 9.20. The number of benzene rings is 1. The van der Waals surface area contributed by atoms with Gasteiger partial charge in [-0.1, -0.05) is 13.8 Å². The zero-order chi connectivity index (χ0) is 17.2. The fourth-order valence-electron chi connectivity index (χ4n) is 1.58. The van der Waals surface area contributed by atoms with Crippen LogP contribution in [0.2, 0.25) is 0 Å². The van der Waals surface area contributed by atoms with Gasteiger partial charge in [0.15, 0.2) is 6.61 Å². The van der Waals surface area contributed by atoms with Crippen molar-refractivity contribution in [3.63, 3.8) is 0 Å². The van der Waals surface area contributed by atoms with Crippen LogP contribution in [0.5, 0.6) is 0 Å². The molecule has 122 valence electrons. The summed E-state index contributed by atoms with van der Waals surface area (Å²) in [6, 6.07) is 7.11. The number of hydrogen-bond donors (Lipinski definition) is 2. The Kier molecular flexibility index (Phi) is 7.27. The second-order valence-electron chi connectivity index (χ2n) is 5.25. The quantitative estimate of drug-likeness (QED) is 0.774. The molecular weight excluding hydrogens is 298 g/mol. The lowest BCUT2D eigenvalue weighted by atomic mass is 10.1. The molecule has 0 saturated carbocycles. The normalized spacial score (nSPS) is 9.83. The van der Waals surface area contributed by atoms with E-state index < -0.39 is 24.5 Å². The average molecular weight is 317 g/mol. The van der Waals surface area contributed by atoms with Crippen molar-refractivity contribution in [1.29, 1.82) is 5.26 Å². The van der Waals surface area contributed by atoms with Crippen LogP contribution in [0.3, 0.4) is 0 Å². The summed E-state index contributed by atoms with van der Waals surface area (Å²) in [6.45, 7) is 3.94. The zero-order valence-corrected chi connectivity index (χ0v) is 13.1. The van der Waals surface area contributed by atoms with Gasteiger partial charge in [0.05, 0.1) is 17.2 Å². The van der Waals surface area contributed by atoms with Crippen LogP contribution in [0.1, 0.15) is 36.2 Å². The maximum absolute atomic E-state index is 11.7. The van der Waals surface area contributed by atoms with Gasteiger partial charge < -0.3 is 10.1 Å².